The highest BCUT2D eigenvalue weighted by Crippen LogP contribution is 2.17. The number of hydrogen-bond donors (Lipinski definition) is 2. The van der Waals surface area contributed by atoms with Crippen molar-refractivity contribution in [2.45, 2.75) is 26.4 Å². The lowest BCUT2D eigenvalue weighted by molar-refractivity contribution is 0.0699. The van der Waals surface area contributed by atoms with Crippen molar-refractivity contribution in [1.82, 2.24) is 9.97 Å². The maximum absolute atomic E-state index is 5.37. The standard InChI is InChI=1S/C14H24N4O2/c1-3-19-10-14-17-12(15-2)8-13(18-14)16-9-11-4-6-20-7-5-11/h8,11H,3-7,9-10H2,1-2H3,(H2,15,16,17,18). The van der Waals surface area contributed by atoms with Gasteiger partial charge < -0.3 is 20.1 Å². The predicted molar refractivity (Wildman–Crippen MR) is 78.9 cm³/mol. The van der Waals surface area contributed by atoms with E-state index in [1.807, 2.05) is 20.0 Å². The second kappa shape index (κ2) is 8.01. The monoisotopic (exact) mass is 280 g/mol. The first kappa shape index (κ1) is 15.0. The van der Waals surface area contributed by atoms with Crippen LogP contribution >= 0.6 is 0 Å². The van der Waals surface area contributed by atoms with Gasteiger partial charge in [-0.3, -0.25) is 0 Å². The average molecular weight is 280 g/mol. The van der Waals surface area contributed by atoms with Crippen LogP contribution in [0.2, 0.25) is 0 Å². The van der Waals surface area contributed by atoms with Crippen molar-refractivity contribution in [1.29, 1.82) is 0 Å². The molecular weight excluding hydrogens is 256 g/mol. The third-order valence-electron chi connectivity index (χ3n) is 3.38. The van der Waals surface area contributed by atoms with Crippen molar-refractivity contribution < 1.29 is 9.47 Å². The molecule has 0 amide bonds. The second-order valence-corrected chi connectivity index (χ2v) is 4.88. The maximum Gasteiger partial charge on any atom is 0.158 e. The third kappa shape index (κ3) is 4.61. The largest absolute Gasteiger partial charge is 0.381 e. The lowest BCUT2D eigenvalue weighted by atomic mass is 10.0. The van der Waals surface area contributed by atoms with E-state index in [1.54, 1.807) is 0 Å². The van der Waals surface area contributed by atoms with E-state index < -0.39 is 0 Å². The predicted octanol–water partition coefficient (Wildman–Crippen LogP) is 1.89. The summed E-state index contributed by atoms with van der Waals surface area (Å²) in [6, 6.07) is 1.93. The Morgan fingerprint density at radius 2 is 2.05 bits per heavy atom. The summed E-state index contributed by atoms with van der Waals surface area (Å²) in [7, 11) is 1.86. The molecule has 1 fully saturated rings. The van der Waals surface area contributed by atoms with E-state index in [0.29, 0.717) is 25.0 Å². The summed E-state index contributed by atoms with van der Waals surface area (Å²) in [6.07, 6.45) is 2.23. The van der Waals surface area contributed by atoms with Crippen LogP contribution in [0.3, 0.4) is 0 Å². The molecule has 0 radical (unpaired) electrons. The van der Waals surface area contributed by atoms with Gasteiger partial charge in [0.15, 0.2) is 5.82 Å². The Kier molecular flexibility index (Phi) is 6.01. The van der Waals surface area contributed by atoms with Crippen molar-refractivity contribution in [3.63, 3.8) is 0 Å². The van der Waals surface area contributed by atoms with E-state index in [2.05, 4.69) is 20.6 Å². The number of aromatic nitrogens is 2. The molecule has 1 aliphatic heterocycles. The molecule has 0 atom stereocenters. The minimum atomic E-state index is 0.442. The van der Waals surface area contributed by atoms with Gasteiger partial charge in [0, 0.05) is 39.5 Å². The van der Waals surface area contributed by atoms with Crippen molar-refractivity contribution in [2.75, 3.05) is 44.0 Å². The van der Waals surface area contributed by atoms with E-state index in [1.165, 1.54) is 0 Å². The fourth-order valence-electron chi connectivity index (χ4n) is 2.17. The van der Waals surface area contributed by atoms with Gasteiger partial charge >= 0.3 is 0 Å². The number of nitrogens with one attached hydrogen (secondary N) is 2. The summed E-state index contributed by atoms with van der Waals surface area (Å²) in [5, 5.41) is 6.46. The Balaban J connectivity index is 1.94. The van der Waals surface area contributed by atoms with Crippen LogP contribution in [0.4, 0.5) is 11.6 Å². The molecule has 1 aromatic rings. The first-order chi connectivity index (χ1) is 9.81. The molecule has 20 heavy (non-hydrogen) atoms. The lowest BCUT2D eigenvalue weighted by Crippen LogP contribution is -2.23. The van der Waals surface area contributed by atoms with Crippen LogP contribution in [-0.2, 0) is 16.1 Å². The van der Waals surface area contributed by atoms with E-state index in [-0.39, 0.29) is 0 Å². The summed E-state index contributed by atoms with van der Waals surface area (Å²) in [4.78, 5) is 8.86. The minimum absolute atomic E-state index is 0.442. The Bertz CT molecular complexity index is 408. The van der Waals surface area contributed by atoms with E-state index in [4.69, 9.17) is 9.47 Å². The highest BCUT2D eigenvalue weighted by molar-refractivity contribution is 5.47. The van der Waals surface area contributed by atoms with Crippen molar-refractivity contribution in [3.8, 4) is 0 Å². The Morgan fingerprint density at radius 1 is 1.30 bits per heavy atom. The second-order valence-electron chi connectivity index (χ2n) is 4.88. The molecule has 6 heteroatoms. The lowest BCUT2D eigenvalue weighted by Gasteiger charge is -2.22. The van der Waals surface area contributed by atoms with Crippen molar-refractivity contribution >= 4 is 11.6 Å². The molecule has 2 N–H and O–H groups in total. The van der Waals surface area contributed by atoms with Gasteiger partial charge in [-0.1, -0.05) is 0 Å². The van der Waals surface area contributed by atoms with Crippen LogP contribution in [0.5, 0.6) is 0 Å². The number of ether oxygens (including phenoxy) is 2. The van der Waals surface area contributed by atoms with Crippen LogP contribution < -0.4 is 10.6 Å². The SMILES string of the molecule is CCOCc1nc(NC)cc(NCC2CCOCC2)n1. The first-order valence-electron chi connectivity index (χ1n) is 7.27. The quantitative estimate of drug-likeness (QED) is 0.795. The van der Waals surface area contributed by atoms with Crippen molar-refractivity contribution in [3.05, 3.63) is 11.9 Å². The van der Waals surface area contributed by atoms with Gasteiger partial charge in [0.1, 0.15) is 18.2 Å². The summed E-state index contributed by atoms with van der Waals surface area (Å²) >= 11 is 0. The molecule has 1 aliphatic rings. The van der Waals surface area contributed by atoms with Crippen LogP contribution in [0, 0.1) is 5.92 Å². The normalized spacial score (nSPS) is 16.1. The molecule has 6 nitrogen and oxygen atoms in total. The third-order valence-corrected chi connectivity index (χ3v) is 3.38. The zero-order valence-corrected chi connectivity index (χ0v) is 12.3. The molecule has 0 unspecified atom stereocenters. The zero-order chi connectivity index (χ0) is 14.2. The minimum Gasteiger partial charge on any atom is -0.381 e. The van der Waals surface area contributed by atoms with Gasteiger partial charge in [-0.25, -0.2) is 9.97 Å². The molecule has 0 aliphatic carbocycles. The fraction of sp³-hybridized carbons (Fsp3) is 0.714. The molecule has 1 saturated heterocycles. The van der Waals surface area contributed by atoms with Gasteiger partial charge in [0.25, 0.3) is 0 Å². The van der Waals surface area contributed by atoms with Crippen LogP contribution in [0.25, 0.3) is 0 Å². The summed E-state index contributed by atoms with van der Waals surface area (Å²) in [5.41, 5.74) is 0. The molecule has 0 bridgehead atoms. The summed E-state index contributed by atoms with van der Waals surface area (Å²) in [6.45, 7) is 5.74. The fourth-order valence-corrected chi connectivity index (χ4v) is 2.17. The van der Waals surface area contributed by atoms with Gasteiger partial charge in [-0.2, -0.15) is 0 Å². The molecular formula is C14H24N4O2. The van der Waals surface area contributed by atoms with Crippen LogP contribution in [-0.4, -0.2) is 43.4 Å². The molecule has 0 saturated carbocycles. The van der Waals surface area contributed by atoms with Gasteiger partial charge in [0.05, 0.1) is 0 Å². The Hall–Kier alpha value is -1.40. The highest BCUT2D eigenvalue weighted by atomic mass is 16.5. The van der Waals surface area contributed by atoms with Gasteiger partial charge in [0.2, 0.25) is 0 Å². The van der Waals surface area contributed by atoms with E-state index >= 15 is 0 Å². The zero-order valence-electron chi connectivity index (χ0n) is 12.3. The average Bonchev–Trinajstić information content (AvgIpc) is 2.51. The smallest absolute Gasteiger partial charge is 0.158 e. The number of anilines is 2. The molecule has 112 valence electrons. The molecule has 0 aromatic carbocycles. The van der Waals surface area contributed by atoms with E-state index in [9.17, 15) is 0 Å². The first-order valence-corrected chi connectivity index (χ1v) is 7.27. The summed E-state index contributed by atoms with van der Waals surface area (Å²) < 4.78 is 10.7. The molecule has 2 heterocycles. The molecule has 1 aromatic heterocycles. The Morgan fingerprint density at radius 3 is 2.75 bits per heavy atom. The van der Waals surface area contributed by atoms with Gasteiger partial charge in [-0.05, 0) is 25.7 Å². The highest BCUT2D eigenvalue weighted by Gasteiger charge is 2.14. The topological polar surface area (TPSA) is 68.3 Å². The molecule has 0 spiro atoms. The number of nitrogens with zero attached hydrogens (tertiary/aromatic N) is 2. The van der Waals surface area contributed by atoms with Crippen molar-refractivity contribution in [2.24, 2.45) is 5.92 Å². The molecule has 2 rings (SSSR count). The van der Waals surface area contributed by atoms with Crippen LogP contribution in [0.15, 0.2) is 6.07 Å². The Labute approximate surface area is 120 Å². The van der Waals surface area contributed by atoms with Crippen LogP contribution in [0.1, 0.15) is 25.6 Å². The van der Waals surface area contributed by atoms with Gasteiger partial charge in [-0.15, -0.1) is 0 Å². The number of hydrogen-bond acceptors (Lipinski definition) is 6. The summed E-state index contributed by atoms with van der Waals surface area (Å²) in [5.74, 6) is 3.02. The number of rotatable bonds is 7. The maximum atomic E-state index is 5.37. The van der Waals surface area contributed by atoms with E-state index in [0.717, 1.165) is 44.2 Å².